The summed E-state index contributed by atoms with van der Waals surface area (Å²) in [5, 5.41) is 0. The maximum absolute atomic E-state index is 13.3. The van der Waals surface area contributed by atoms with E-state index in [0.29, 0.717) is 0 Å². The van der Waals surface area contributed by atoms with E-state index < -0.39 is 5.82 Å². The van der Waals surface area contributed by atoms with Gasteiger partial charge in [0.1, 0.15) is 0 Å². The van der Waals surface area contributed by atoms with E-state index >= 15 is 0 Å². The summed E-state index contributed by atoms with van der Waals surface area (Å²) in [7, 11) is 0. The normalized spacial score (nSPS) is 10.2. The molecule has 1 heterocycles. The van der Waals surface area contributed by atoms with Crippen LogP contribution in [0.5, 0.6) is 0 Å². The van der Waals surface area contributed by atoms with Crippen molar-refractivity contribution in [3.8, 4) is 0 Å². The van der Waals surface area contributed by atoms with E-state index in [9.17, 15) is 9.18 Å². The van der Waals surface area contributed by atoms with Crippen LogP contribution in [0.25, 0.3) is 0 Å². The number of benzene rings is 1. The Bertz CT molecular complexity index is 551. The van der Waals surface area contributed by atoms with Crippen molar-refractivity contribution in [2.45, 2.75) is 13.3 Å². The number of hydrogen-bond acceptors (Lipinski definition) is 2. The Morgan fingerprint density at radius 1 is 1.35 bits per heavy atom. The van der Waals surface area contributed by atoms with Crippen LogP contribution in [0, 0.1) is 12.7 Å². The van der Waals surface area contributed by atoms with Crippen LogP contribution in [0.1, 0.15) is 21.5 Å². The largest absolute Gasteiger partial charge is 0.294 e. The van der Waals surface area contributed by atoms with Gasteiger partial charge in [-0.1, -0.05) is 29.8 Å². The number of hydrogen-bond donors (Lipinski definition) is 0. The number of rotatable bonds is 3. The fraction of sp³-hybridized carbons (Fsp3) is 0.143. The highest BCUT2D eigenvalue weighted by Gasteiger charge is 2.11. The third-order valence-corrected chi connectivity index (χ3v) is 2.52. The van der Waals surface area contributed by atoms with Crippen LogP contribution < -0.4 is 0 Å². The molecule has 1 aromatic heterocycles. The van der Waals surface area contributed by atoms with Crippen molar-refractivity contribution < 1.29 is 9.18 Å². The summed E-state index contributed by atoms with van der Waals surface area (Å²) in [6.45, 7) is 1.96. The summed E-state index contributed by atoms with van der Waals surface area (Å²) in [6.07, 6.45) is 2.69. The third kappa shape index (κ3) is 2.75. The van der Waals surface area contributed by atoms with E-state index in [-0.39, 0.29) is 17.8 Å². The van der Waals surface area contributed by atoms with Crippen LogP contribution in [0.2, 0.25) is 0 Å². The topological polar surface area (TPSA) is 30.0 Å². The predicted octanol–water partition coefficient (Wildman–Crippen LogP) is 2.95. The van der Waals surface area contributed by atoms with Crippen LogP contribution in [0.15, 0.2) is 42.7 Å². The molecule has 0 fully saturated rings. The van der Waals surface area contributed by atoms with E-state index in [1.54, 1.807) is 0 Å². The van der Waals surface area contributed by atoms with Gasteiger partial charge < -0.3 is 0 Å². The Morgan fingerprint density at radius 3 is 2.88 bits per heavy atom. The summed E-state index contributed by atoms with van der Waals surface area (Å²) in [4.78, 5) is 15.5. The Hall–Kier alpha value is -2.03. The minimum Gasteiger partial charge on any atom is -0.294 e. The van der Waals surface area contributed by atoms with Gasteiger partial charge in [-0.15, -0.1) is 0 Å². The smallest absolute Gasteiger partial charge is 0.170 e. The molecule has 0 aliphatic rings. The van der Waals surface area contributed by atoms with Crippen molar-refractivity contribution in [1.82, 2.24) is 4.98 Å². The van der Waals surface area contributed by atoms with Crippen LogP contribution in [-0.2, 0) is 6.42 Å². The van der Waals surface area contributed by atoms with Crippen LogP contribution in [0.3, 0.4) is 0 Å². The summed E-state index contributed by atoms with van der Waals surface area (Å²) in [5.41, 5.74) is 2.08. The van der Waals surface area contributed by atoms with Gasteiger partial charge in [-0.05, 0) is 18.6 Å². The van der Waals surface area contributed by atoms with Gasteiger partial charge in [0, 0.05) is 12.6 Å². The third-order valence-electron chi connectivity index (χ3n) is 2.52. The lowest BCUT2D eigenvalue weighted by molar-refractivity contribution is 0.0989. The molecule has 0 unspecified atom stereocenters. The van der Waals surface area contributed by atoms with E-state index in [1.807, 2.05) is 31.2 Å². The number of nitrogens with zero attached hydrogens (tertiary/aromatic N) is 1. The number of aromatic nitrogens is 1. The number of halogens is 1. The SMILES string of the molecule is Cc1cccc(CC(=O)c2ccncc2F)c1. The highest BCUT2D eigenvalue weighted by Crippen LogP contribution is 2.11. The van der Waals surface area contributed by atoms with Gasteiger partial charge >= 0.3 is 0 Å². The molecular weight excluding hydrogens is 217 g/mol. The summed E-state index contributed by atoms with van der Waals surface area (Å²) in [5.74, 6) is -0.791. The van der Waals surface area contributed by atoms with Crippen molar-refractivity contribution in [3.05, 3.63) is 65.2 Å². The fourth-order valence-corrected chi connectivity index (χ4v) is 1.70. The number of carbonyl (C=O) groups excluding carboxylic acids is 1. The molecule has 3 heteroatoms. The molecule has 0 atom stereocenters. The van der Waals surface area contributed by atoms with Crippen LogP contribution in [0.4, 0.5) is 4.39 Å². The number of ketones is 1. The summed E-state index contributed by atoms with van der Waals surface area (Å²) in [6, 6.07) is 9.05. The Morgan fingerprint density at radius 2 is 2.18 bits per heavy atom. The zero-order chi connectivity index (χ0) is 12.3. The molecule has 0 N–H and O–H groups in total. The zero-order valence-corrected chi connectivity index (χ0v) is 9.48. The maximum Gasteiger partial charge on any atom is 0.170 e. The summed E-state index contributed by atoms with van der Waals surface area (Å²) < 4.78 is 13.3. The Kier molecular flexibility index (Phi) is 3.28. The van der Waals surface area contributed by atoms with E-state index in [0.717, 1.165) is 17.3 Å². The average molecular weight is 229 g/mol. The van der Waals surface area contributed by atoms with Gasteiger partial charge in [0.2, 0.25) is 0 Å². The molecule has 0 amide bonds. The van der Waals surface area contributed by atoms with Gasteiger partial charge in [-0.3, -0.25) is 9.78 Å². The lowest BCUT2D eigenvalue weighted by Crippen LogP contribution is -2.06. The van der Waals surface area contributed by atoms with Crippen molar-refractivity contribution in [1.29, 1.82) is 0 Å². The molecule has 0 spiro atoms. The fourth-order valence-electron chi connectivity index (χ4n) is 1.70. The first-order valence-corrected chi connectivity index (χ1v) is 5.35. The number of carbonyl (C=O) groups is 1. The predicted molar refractivity (Wildman–Crippen MR) is 63.4 cm³/mol. The first kappa shape index (κ1) is 11.5. The average Bonchev–Trinajstić information content (AvgIpc) is 2.29. The lowest BCUT2D eigenvalue weighted by atomic mass is 10.0. The molecular formula is C14H12FNO. The molecule has 2 rings (SSSR count). The molecule has 0 saturated heterocycles. The van der Waals surface area contributed by atoms with Gasteiger partial charge in [-0.2, -0.15) is 0 Å². The molecule has 1 aromatic carbocycles. The lowest BCUT2D eigenvalue weighted by Gasteiger charge is -2.03. The van der Waals surface area contributed by atoms with E-state index in [2.05, 4.69) is 4.98 Å². The van der Waals surface area contributed by atoms with Gasteiger partial charge in [0.15, 0.2) is 11.6 Å². The molecule has 0 bridgehead atoms. The number of aryl methyl sites for hydroxylation is 1. The Balaban J connectivity index is 2.20. The van der Waals surface area contributed by atoms with E-state index in [4.69, 9.17) is 0 Å². The molecule has 0 aliphatic carbocycles. The zero-order valence-electron chi connectivity index (χ0n) is 9.48. The molecule has 0 saturated carbocycles. The second-order valence-electron chi connectivity index (χ2n) is 3.94. The number of pyridine rings is 1. The minimum atomic E-state index is -0.565. The quantitative estimate of drug-likeness (QED) is 0.757. The molecule has 0 aliphatic heterocycles. The van der Waals surface area contributed by atoms with Crippen molar-refractivity contribution in [2.75, 3.05) is 0 Å². The molecule has 17 heavy (non-hydrogen) atoms. The van der Waals surface area contributed by atoms with Crippen LogP contribution >= 0.6 is 0 Å². The first-order chi connectivity index (χ1) is 8.16. The standard InChI is InChI=1S/C14H12FNO/c1-10-3-2-4-11(7-10)8-14(17)12-5-6-16-9-13(12)15/h2-7,9H,8H2,1H3. The van der Waals surface area contributed by atoms with E-state index in [1.165, 1.54) is 12.3 Å². The van der Waals surface area contributed by atoms with Crippen LogP contribution in [-0.4, -0.2) is 10.8 Å². The molecule has 0 radical (unpaired) electrons. The van der Waals surface area contributed by atoms with Crippen molar-refractivity contribution in [2.24, 2.45) is 0 Å². The molecule has 2 nitrogen and oxygen atoms in total. The Labute approximate surface area is 99.1 Å². The van der Waals surface area contributed by atoms with Gasteiger partial charge in [0.05, 0.1) is 11.8 Å². The second-order valence-corrected chi connectivity index (χ2v) is 3.94. The maximum atomic E-state index is 13.3. The number of Topliss-reactive ketones (excluding diaryl/α,β-unsaturated/α-hetero) is 1. The van der Waals surface area contributed by atoms with Gasteiger partial charge in [0.25, 0.3) is 0 Å². The highest BCUT2D eigenvalue weighted by atomic mass is 19.1. The van der Waals surface area contributed by atoms with Crippen molar-refractivity contribution in [3.63, 3.8) is 0 Å². The van der Waals surface area contributed by atoms with Gasteiger partial charge in [-0.25, -0.2) is 4.39 Å². The molecule has 86 valence electrons. The second kappa shape index (κ2) is 4.87. The monoisotopic (exact) mass is 229 g/mol. The molecule has 2 aromatic rings. The minimum absolute atomic E-state index is 0.0986. The summed E-state index contributed by atoms with van der Waals surface area (Å²) >= 11 is 0. The highest BCUT2D eigenvalue weighted by molar-refractivity contribution is 5.97. The van der Waals surface area contributed by atoms with Crippen molar-refractivity contribution >= 4 is 5.78 Å². The first-order valence-electron chi connectivity index (χ1n) is 5.35.